The molecule has 0 bridgehead atoms. The summed E-state index contributed by atoms with van der Waals surface area (Å²) in [5.41, 5.74) is 4.81. The summed E-state index contributed by atoms with van der Waals surface area (Å²) < 4.78 is 0. The second kappa shape index (κ2) is 9.52. The van der Waals surface area contributed by atoms with Gasteiger partial charge in [-0.3, -0.25) is 19.8 Å². The van der Waals surface area contributed by atoms with Crippen LogP contribution in [-0.2, 0) is 9.59 Å². The van der Waals surface area contributed by atoms with Gasteiger partial charge in [-0.25, -0.2) is 5.48 Å². The zero-order valence-corrected chi connectivity index (χ0v) is 16.4. The lowest BCUT2D eigenvalue weighted by Crippen LogP contribution is -2.34. The van der Waals surface area contributed by atoms with Gasteiger partial charge in [-0.2, -0.15) is 0 Å². The van der Waals surface area contributed by atoms with Gasteiger partial charge < -0.3 is 5.32 Å². The second-order valence-corrected chi connectivity index (χ2v) is 7.74. The van der Waals surface area contributed by atoms with Crippen molar-refractivity contribution in [1.82, 2.24) is 10.8 Å². The number of nitrogens with zero attached hydrogens (tertiary/aromatic N) is 1. The van der Waals surface area contributed by atoms with Crippen molar-refractivity contribution < 1.29 is 14.8 Å². The van der Waals surface area contributed by atoms with E-state index in [0.29, 0.717) is 5.17 Å². The highest BCUT2D eigenvalue weighted by atomic mass is 32.2. The Kier molecular flexibility index (Phi) is 6.84. The number of aliphatic imine (C=N–C) groups is 1. The lowest BCUT2D eigenvalue weighted by Gasteiger charge is -2.17. The molecule has 0 radical (unpaired) electrons. The molecule has 2 atom stereocenters. The van der Waals surface area contributed by atoms with Crippen LogP contribution in [0.3, 0.4) is 0 Å². The average molecular weight is 398 g/mol. The van der Waals surface area contributed by atoms with Gasteiger partial charge in [0.1, 0.15) is 5.25 Å². The van der Waals surface area contributed by atoms with Crippen molar-refractivity contribution in [2.24, 2.45) is 4.99 Å². The minimum absolute atomic E-state index is 0.134. The number of carbonyl (C=O) groups is 2. The van der Waals surface area contributed by atoms with E-state index in [-0.39, 0.29) is 18.4 Å². The molecule has 0 saturated heterocycles. The third kappa shape index (κ3) is 4.79. The van der Waals surface area contributed by atoms with E-state index in [0.717, 1.165) is 41.3 Å². The minimum Gasteiger partial charge on any atom is -0.305 e. The highest BCUT2D eigenvalue weighted by molar-refractivity contribution is 8.15. The van der Waals surface area contributed by atoms with Crippen LogP contribution in [0.5, 0.6) is 0 Å². The normalized spacial score (nSPS) is 16.9. The maximum Gasteiger partial charge on any atom is 0.258 e. The van der Waals surface area contributed by atoms with Crippen molar-refractivity contribution in [2.45, 2.75) is 30.9 Å². The molecule has 7 heteroatoms. The number of amides is 2. The van der Waals surface area contributed by atoms with E-state index in [1.54, 1.807) is 5.48 Å². The summed E-state index contributed by atoms with van der Waals surface area (Å²) in [7, 11) is 0. The third-order valence-corrected chi connectivity index (χ3v) is 5.70. The maximum atomic E-state index is 12.8. The molecule has 2 aromatic carbocycles. The predicted molar refractivity (Wildman–Crippen MR) is 111 cm³/mol. The third-order valence-electron chi connectivity index (χ3n) is 4.60. The molecule has 1 aliphatic rings. The molecule has 28 heavy (non-hydrogen) atoms. The summed E-state index contributed by atoms with van der Waals surface area (Å²) in [6.45, 7) is 2.28. The van der Waals surface area contributed by atoms with E-state index in [4.69, 9.17) is 5.21 Å². The molecule has 146 valence electrons. The fourth-order valence-corrected chi connectivity index (χ4v) is 4.01. The zero-order chi connectivity index (χ0) is 19.9. The Labute approximate surface area is 168 Å². The topological polar surface area (TPSA) is 90.8 Å². The minimum atomic E-state index is -0.518. The van der Waals surface area contributed by atoms with Gasteiger partial charge in [0.05, 0.1) is 12.5 Å². The van der Waals surface area contributed by atoms with Gasteiger partial charge in [0, 0.05) is 0 Å². The number of hydrogen-bond acceptors (Lipinski definition) is 5. The quantitative estimate of drug-likeness (QED) is 0.515. The molecular formula is C21H23N3O3S. The Morgan fingerprint density at radius 1 is 1.14 bits per heavy atom. The Bertz CT molecular complexity index is 853. The Morgan fingerprint density at radius 3 is 2.46 bits per heavy atom. The molecule has 3 N–H and O–H groups in total. The molecule has 3 rings (SSSR count). The van der Waals surface area contributed by atoms with Gasteiger partial charge in [0.25, 0.3) is 5.91 Å². The van der Waals surface area contributed by atoms with Gasteiger partial charge >= 0.3 is 0 Å². The van der Waals surface area contributed by atoms with Crippen LogP contribution in [0.4, 0.5) is 0 Å². The van der Waals surface area contributed by atoms with Gasteiger partial charge in [0.15, 0.2) is 5.17 Å². The first-order chi connectivity index (χ1) is 13.6. The van der Waals surface area contributed by atoms with Gasteiger partial charge in [0.2, 0.25) is 5.91 Å². The highest BCUT2D eigenvalue weighted by Gasteiger charge is 2.29. The Balaban J connectivity index is 1.69. The van der Waals surface area contributed by atoms with E-state index in [1.165, 1.54) is 0 Å². The van der Waals surface area contributed by atoms with Crippen LogP contribution in [0.1, 0.15) is 31.2 Å². The molecule has 2 unspecified atom stereocenters. The van der Waals surface area contributed by atoms with Crippen LogP contribution in [0.2, 0.25) is 0 Å². The molecule has 2 amide bonds. The number of carbonyl (C=O) groups excluding carboxylic acids is 2. The molecule has 0 aliphatic carbocycles. The smallest absolute Gasteiger partial charge is 0.258 e. The summed E-state index contributed by atoms with van der Waals surface area (Å²) in [5.74, 6) is -0.936. The zero-order valence-electron chi connectivity index (χ0n) is 15.6. The summed E-state index contributed by atoms with van der Waals surface area (Å²) in [6.07, 6.45) is 1.59. The van der Waals surface area contributed by atoms with Crippen LogP contribution >= 0.6 is 11.8 Å². The van der Waals surface area contributed by atoms with Gasteiger partial charge in [-0.15, -0.1) is 0 Å². The van der Waals surface area contributed by atoms with Crippen LogP contribution < -0.4 is 10.8 Å². The maximum absolute atomic E-state index is 12.8. The molecule has 0 aromatic heterocycles. The second-order valence-electron chi connectivity index (χ2n) is 6.55. The van der Waals surface area contributed by atoms with Crippen molar-refractivity contribution in [3.05, 3.63) is 60.2 Å². The molecule has 1 aliphatic heterocycles. The van der Waals surface area contributed by atoms with E-state index in [9.17, 15) is 9.59 Å². The van der Waals surface area contributed by atoms with Crippen molar-refractivity contribution >= 4 is 28.7 Å². The standard InChI is InChI=1S/C21H23N3O3S/c1-2-6-17(19(25)23-21-22-13-18(28-21)20(26)24-27)16-11-9-15(10-12-16)14-7-4-3-5-8-14/h3-5,7-12,17-18,27H,2,6,13H2,1H3,(H,24,26)(H,22,23,25). The van der Waals surface area contributed by atoms with Crippen LogP contribution in [0.25, 0.3) is 11.1 Å². The Morgan fingerprint density at radius 2 is 1.82 bits per heavy atom. The SMILES string of the molecule is CCCC(C(=O)NC1=NCC(C(=O)NO)S1)c1ccc(-c2ccccc2)cc1. The van der Waals surface area contributed by atoms with Crippen LogP contribution in [-0.4, -0.2) is 34.0 Å². The number of hydroxylamine groups is 1. The van der Waals surface area contributed by atoms with Crippen LogP contribution in [0, 0.1) is 0 Å². The molecule has 0 saturated carbocycles. The first kappa shape index (κ1) is 20.1. The molecule has 1 heterocycles. The summed E-state index contributed by atoms with van der Waals surface area (Å²) in [6, 6.07) is 18.1. The molecule has 0 spiro atoms. The predicted octanol–water partition coefficient (Wildman–Crippen LogP) is 3.33. The lowest BCUT2D eigenvalue weighted by atomic mass is 9.92. The summed E-state index contributed by atoms with van der Waals surface area (Å²) >= 11 is 1.15. The lowest BCUT2D eigenvalue weighted by molar-refractivity contribution is -0.128. The van der Waals surface area contributed by atoms with E-state index in [2.05, 4.69) is 22.4 Å². The molecular weight excluding hydrogens is 374 g/mol. The first-order valence-electron chi connectivity index (χ1n) is 9.23. The molecule has 2 aromatic rings. The number of hydrogen-bond donors (Lipinski definition) is 3. The number of thioether (sulfide) groups is 1. The Hall–Kier alpha value is -2.64. The average Bonchev–Trinajstić information content (AvgIpc) is 3.20. The van der Waals surface area contributed by atoms with Crippen molar-refractivity contribution in [3.8, 4) is 11.1 Å². The van der Waals surface area contributed by atoms with E-state index < -0.39 is 11.2 Å². The fraction of sp³-hybridized carbons (Fsp3) is 0.286. The summed E-state index contributed by atoms with van der Waals surface area (Å²) in [5, 5.41) is 11.5. The fourth-order valence-electron chi connectivity index (χ4n) is 3.12. The van der Waals surface area contributed by atoms with Crippen molar-refractivity contribution in [2.75, 3.05) is 6.54 Å². The summed E-state index contributed by atoms with van der Waals surface area (Å²) in [4.78, 5) is 28.5. The van der Waals surface area contributed by atoms with Gasteiger partial charge in [-0.1, -0.05) is 79.7 Å². The molecule has 6 nitrogen and oxygen atoms in total. The van der Waals surface area contributed by atoms with E-state index >= 15 is 0 Å². The number of nitrogens with one attached hydrogen (secondary N) is 2. The number of benzene rings is 2. The van der Waals surface area contributed by atoms with Crippen molar-refractivity contribution in [3.63, 3.8) is 0 Å². The van der Waals surface area contributed by atoms with E-state index in [1.807, 2.05) is 49.4 Å². The van der Waals surface area contributed by atoms with Crippen LogP contribution in [0.15, 0.2) is 59.6 Å². The first-order valence-corrected chi connectivity index (χ1v) is 10.1. The highest BCUT2D eigenvalue weighted by Crippen LogP contribution is 2.27. The van der Waals surface area contributed by atoms with Crippen molar-refractivity contribution in [1.29, 1.82) is 0 Å². The van der Waals surface area contributed by atoms with Gasteiger partial charge in [-0.05, 0) is 23.1 Å². The molecule has 0 fully saturated rings. The number of amidine groups is 1. The number of rotatable bonds is 6. The largest absolute Gasteiger partial charge is 0.305 e. The monoisotopic (exact) mass is 397 g/mol.